The Morgan fingerprint density at radius 2 is 1.74 bits per heavy atom. The monoisotopic (exact) mass is 526 g/mol. The van der Waals surface area contributed by atoms with Crippen molar-refractivity contribution in [2.45, 2.75) is 13.5 Å². The normalized spacial score (nSPS) is 11.1. The Kier molecular flexibility index (Phi) is 7.81. The Hall–Kier alpha value is -4.08. The average molecular weight is 527 g/mol. The van der Waals surface area contributed by atoms with Crippen LogP contribution >= 0.6 is 15.9 Å². The molecule has 0 radical (unpaired) electrons. The second-order valence-electron chi connectivity index (χ2n) is 7.74. The van der Waals surface area contributed by atoms with E-state index in [0.29, 0.717) is 36.0 Å². The number of nitrogens with zero attached hydrogens (tertiary/aromatic N) is 1. The van der Waals surface area contributed by atoms with E-state index < -0.39 is 5.91 Å². The van der Waals surface area contributed by atoms with Crippen LogP contribution in [0.5, 0.6) is 11.5 Å². The molecule has 0 saturated carbocycles. The van der Waals surface area contributed by atoms with Crippen molar-refractivity contribution >= 4 is 44.4 Å². The molecule has 0 aliphatic heterocycles. The Bertz CT molecular complexity index is 1420. The van der Waals surface area contributed by atoms with Gasteiger partial charge in [-0.3, -0.25) is 4.79 Å². The highest BCUT2D eigenvalue weighted by molar-refractivity contribution is 9.10. The summed E-state index contributed by atoms with van der Waals surface area (Å²) in [5.74, 6) is 0.909. The first-order chi connectivity index (χ1) is 17.1. The predicted molar refractivity (Wildman–Crippen MR) is 142 cm³/mol. The fourth-order valence-electron chi connectivity index (χ4n) is 3.53. The molecule has 6 heteroatoms. The standard InChI is InChI=1S/C29H23BrN2O3/c1-2-34-26-12-10-25(11-13-26)32-29(33)24(18-31)15-20-8-14-28(27(30)17-20)35-19-21-7-9-22-5-3-4-6-23(22)16-21/h3-17H,2,19H2,1H3,(H,32,33). The number of benzene rings is 4. The van der Waals surface area contributed by atoms with E-state index in [1.54, 1.807) is 30.3 Å². The lowest BCUT2D eigenvalue weighted by atomic mass is 10.1. The van der Waals surface area contributed by atoms with Crippen LogP contribution in [0.4, 0.5) is 5.69 Å². The lowest BCUT2D eigenvalue weighted by molar-refractivity contribution is -0.112. The average Bonchev–Trinajstić information content (AvgIpc) is 2.88. The van der Waals surface area contributed by atoms with Gasteiger partial charge >= 0.3 is 0 Å². The van der Waals surface area contributed by atoms with Crippen molar-refractivity contribution in [2.75, 3.05) is 11.9 Å². The summed E-state index contributed by atoms with van der Waals surface area (Å²) in [6.45, 7) is 2.89. The number of carbonyl (C=O) groups excluding carboxylic acids is 1. The number of nitriles is 1. The molecule has 35 heavy (non-hydrogen) atoms. The largest absolute Gasteiger partial charge is 0.494 e. The first kappa shape index (κ1) is 24.1. The predicted octanol–water partition coefficient (Wildman–Crippen LogP) is 7.13. The molecule has 4 rings (SSSR count). The fourth-order valence-corrected chi connectivity index (χ4v) is 4.04. The van der Waals surface area contributed by atoms with Gasteiger partial charge < -0.3 is 14.8 Å². The van der Waals surface area contributed by atoms with E-state index in [2.05, 4.69) is 51.6 Å². The molecule has 0 aliphatic carbocycles. The number of hydrogen-bond acceptors (Lipinski definition) is 4. The molecule has 0 fully saturated rings. The fraction of sp³-hybridized carbons (Fsp3) is 0.103. The zero-order chi connectivity index (χ0) is 24.6. The van der Waals surface area contributed by atoms with E-state index in [-0.39, 0.29) is 5.57 Å². The molecule has 1 N–H and O–H groups in total. The molecule has 0 aromatic heterocycles. The van der Waals surface area contributed by atoms with Crippen molar-refractivity contribution < 1.29 is 14.3 Å². The third-order valence-corrected chi connectivity index (χ3v) is 5.88. The van der Waals surface area contributed by atoms with Gasteiger partial charge in [-0.25, -0.2) is 0 Å². The highest BCUT2D eigenvalue weighted by Gasteiger charge is 2.11. The topological polar surface area (TPSA) is 71.3 Å². The van der Waals surface area contributed by atoms with Crippen LogP contribution in [0.2, 0.25) is 0 Å². The van der Waals surface area contributed by atoms with Crippen LogP contribution in [-0.4, -0.2) is 12.5 Å². The minimum Gasteiger partial charge on any atom is -0.494 e. The lowest BCUT2D eigenvalue weighted by Crippen LogP contribution is -2.13. The van der Waals surface area contributed by atoms with Gasteiger partial charge in [-0.2, -0.15) is 5.26 Å². The third-order valence-electron chi connectivity index (χ3n) is 5.26. The Morgan fingerprint density at radius 3 is 2.46 bits per heavy atom. The number of rotatable bonds is 8. The van der Waals surface area contributed by atoms with Gasteiger partial charge in [-0.1, -0.05) is 42.5 Å². The molecule has 4 aromatic rings. The first-order valence-electron chi connectivity index (χ1n) is 11.1. The summed E-state index contributed by atoms with van der Waals surface area (Å²) in [5.41, 5.74) is 2.35. The highest BCUT2D eigenvalue weighted by atomic mass is 79.9. The zero-order valence-electron chi connectivity index (χ0n) is 19.1. The number of fused-ring (bicyclic) bond motifs is 1. The second kappa shape index (κ2) is 11.4. The first-order valence-corrected chi connectivity index (χ1v) is 11.9. The summed E-state index contributed by atoms with van der Waals surface area (Å²) >= 11 is 3.53. The van der Waals surface area contributed by atoms with Crippen LogP contribution in [0.15, 0.2) is 95.0 Å². The van der Waals surface area contributed by atoms with Crippen LogP contribution in [0.25, 0.3) is 16.8 Å². The Balaban J connectivity index is 1.42. The minimum absolute atomic E-state index is 0.00406. The second-order valence-corrected chi connectivity index (χ2v) is 8.60. The van der Waals surface area contributed by atoms with Gasteiger partial charge in [0.05, 0.1) is 11.1 Å². The van der Waals surface area contributed by atoms with E-state index in [9.17, 15) is 10.1 Å². The van der Waals surface area contributed by atoms with Crippen molar-refractivity contribution in [3.63, 3.8) is 0 Å². The molecule has 174 valence electrons. The van der Waals surface area contributed by atoms with Crippen LogP contribution in [0.1, 0.15) is 18.1 Å². The zero-order valence-corrected chi connectivity index (χ0v) is 20.7. The van der Waals surface area contributed by atoms with Gasteiger partial charge in [0.1, 0.15) is 29.7 Å². The van der Waals surface area contributed by atoms with Crippen LogP contribution in [0.3, 0.4) is 0 Å². The SMILES string of the molecule is CCOc1ccc(NC(=O)C(C#N)=Cc2ccc(OCc3ccc4ccccc4c3)c(Br)c2)cc1. The summed E-state index contributed by atoms with van der Waals surface area (Å²) in [7, 11) is 0. The van der Waals surface area contributed by atoms with E-state index in [1.165, 1.54) is 10.8 Å². The summed E-state index contributed by atoms with van der Waals surface area (Å²) in [5, 5.41) is 14.6. The van der Waals surface area contributed by atoms with E-state index in [0.717, 1.165) is 10.0 Å². The maximum atomic E-state index is 12.6. The van der Waals surface area contributed by atoms with Gasteiger partial charge in [0.15, 0.2) is 0 Å². The van der Waals surface area contributed by atoms with Gasteiger partial charge in [0.25, 0.3) is 5.91 Å². The number of anilines is 1. The highest BCUT2D eigenvalue weighted by Crippen LogP contribution is 2.28. The Labute approximate surface area is 212 Å². The molecule has 0 atom stereocenters. The summed E-state index contributed by atoms with van der Waals surface area (Å²) in [6.07, 6.45) is 1.54. The number of hydrogen-bond donors (Lipinski definition) is 1. The molecule has 0 heterocycles. The van der Waals surface area contributed by atoms with E-state index >= 15 is 0 Å². The maximum absolute atomic E-state index is 12.6. The van der Waals surface area contributed by atoms with Crippen LogP contribution in [-0.2, 0) is 11.4 Å². The van der Waals surface area contributed by atoms with Crippen molar-refractivity contribution in [1.29, 1.82) is 5.26 Å². The van der Waals surface area contributed by atoms with Crippen molar-refractivity contribution in [2.24, 2.45) is 0 Å². The molecule has 0 spiro atoms. The number of nitrogens with one attached hydrogen (secondary N) is 1. The van der Waals surface area contributed by atoms with Gasteiger partial charge in [-0.05, 0) is 93.3 Å². The van der Waals surface area contributed by atoms with Crippen molar-refractivity contribution in [1.82, 2.24) is 0 Å². The number of ether oxygens (including phenoxy) is 2. The number of carbonyl (C=O) groups is 1. The minimum atomic E-state index is -0.482. The number of halogens is 1. The van der Waals surface area contributed by atoms with Gasteiger partial charge in [0, 0.05) is 5.69 Å². The molecular weight excluding hydrogens is 504 g/mol. The van der Waals surface area contributed by atoms with Crippen LogP contribution in [0, 0.1) is 11.3 Å². The van der Waals surface area contributed by atoms with Crippen molar-refractivity contribution in [3.05, 3.63) is 106 Å². The summed E-state index contributed by atoms with van der Waals surface area (Å²) in [6, 6.07) is 28.9. The molecule has 0 saturated heterocycles. The molecule has 4 aromatic carbocycles. The molecule has 0 aliphatic rings. The molecule has 1 amide bonds. The van der Waals surface area contributed by atoms with Crippen molar-refractivity contribution in [3.8, 4) is 17.6 Å². The lowest BCUT2D eigenvalue weighted by Gasteiger charge is -2.10. The maximum Gasteiger partial charge on any atom is 0.266 e. The van der Waals surface area contributed by atoms with E-state index in [4.69, 9.17) is 9.47 Å². The molecular formula is C29H23BrN2O3. The summed E-state index contributed by atoms with van der Waals surface area (Å²) in [4.78, 5) is 12.6. The molecule has 0 bridgehead atoms. The molecule has 5 nitrogen and oxygen atoms in total. The van der Waals surface area contributed by atoms with Gasteiger partial charge in [-0.15, -0.1) is 0 Å². The smallest absolute Gasteiger partial charge is 0.266 e. The quantitative estimate of drug-likeness (QED) is 0.196. The Morgan fingerprint density at radius 1 is 0.971 bits per heavy atom. The van der Waals surface area contributed by atoms with Gasteiger partial charge in [0.2, 0.25) is 0 Å². The van der Waals surface area contributed by atoms with Crippen LogP contribution < -0.4 is 14.8 Å². The number of amides is 1. The summed E-state index contributed by atoms with van der Waals surface area (Å²) < 4.78 is 12.1. The third kappa shape index (κ3) is 6.28. The molecule has 0 unspecified atom stereocenters. The van der Waals surface area contributed by atoms with E-state index in [1.807, 2.05) is 43.3 Å².